The van der Waals surface area contributed by atoms with E-state index in [9.17, 15) is 4.79 Å². The van der Waals surface area contributed by atoms with Crippen LogP contribution >= 0.6 is 0 Å². The normalized spacial score (nSPS) is 24.7. The maximum atomic E-state index is 12.5. The van der Waals surface area contributed by atoms with Gasteiger partial charge in [-0.2, -0.15) is 0 Å². The molecule has 0 spiro atoms. The van der Waals surface area contributed by atoms with Crippen molar-refractivity contribution in [3.05, 3.63) is 35.4 Å². The molecule has 2 aliphatic rings. The molecule has 0 bridgehead atoms. The highest BCUT2D eigenvalue weighted by atomic mass is 16.5. The first kappa shape index (κ1) is 20.3. The fraction of sp³-hybridized carbons (Fsp3) is 0.682. The SMILES string of the molecule is C[C@@H]1C[C@@H](C)CN(CCCNC(=O)c2cccc(CN3CCOCC3)c2)C1. The Bertz CT molecular complexity index is 591. The molecule has 1 aromatic carbocycles. The summed E-state index contributed by atoms with van der Waals surface area (Å²) in [4.78, 5) is 17.4. The molecule has 150 valence electrons. The summed E-state index contributed by atoms with van der Waals surface area (Å²) in [5.74, 6) is 1.62. The highest BCUT2D eigenvalue weighted by molar-refractivity contribution is 5.94. The lowest BCUT2D eigenvalue weighted by Crippen LogP contribution is -2.40. The third-order valence-corrected chi connectivity index (χ3v) is 5.58. The number of piperidine rings is 1. The maximum absolute atomic E-state index is 12.5. The van der Waals surface area contributed by atoms with E-state index in [2.05, 4.69) is 35.0 Å². The van der Waals surface area contributed by atoms with Crippen LogP contribution in [-0.2, 0) is 11.3 Å². The molecule has 1 N–H and O–H groups in total. The Morgan fingerprint density at radius 2 is 1.89 bits per heavy atom. The van der Waals surface area contributed by atoms with Gasteiger partial charge in [0.05, 0.1) is 13.2 Å². The van der Waals surface area contributed by atoms with Gasteiger partial charge in [-0.25, -0.2) is 0 Å². The molecule has 0 unspecified atom stereocenters. The smallest absolute Gasteiger partial charge is 0.251 e. The molecule has 0 aliphatic carbocycles. The molecule has 2 aliphatic heterocycles. The summed E-state index contributed by atoms with van der Waals surface area (Å²) in [7, 11) is 0. The quantitative estimate of drug-likeness (QED) is 0.747. The summed E-state index contributed by atoms with van der Waals surface area (Å²) in [5, 5.41) is 3.09. The Morgan fingerprint density at radius 3 is 2.63 bits per heavy atom. The lowest BCUT2D eigenvalue weighted by molar-refractivity contribution is 0.0342. The minimum Gasteiger partial charge on any atom is -0.379 e. The van der Waals surface area contributed by atoms with Crippen molar-refractivity contribution in [3.63, 3.8) is 0 Å². The largest absolute Gasteiger partial charge is 0.379 e. The second-order valence-corrected chi connectivity index (χ2v) is 8.40. The zero-order valence-electron chi connectivity index (χ0n) is 17.0. The Balaban J connectivity index is 1.40. The van der Waals surface area contributed by atoms with Crippen molar-refractivity contribution in [3.8, 4) is 0 Å². The summed E-state index contributed by atoms with van der Waals surface area (Å²) in [6.07, 6.45) is 2.35. The standard InChI is InChI=1S/C22H35N3O2/c1-18-13-19(2)16-25(15-18)8-4-7-23-22(26)21-6-3-5-20(14-21)17-24-9-11-27-12-10-24/h3,5-6,14,18-19H,4,7-13,15-17H2,1-2H3,(H,23,26)/t18-,19-/m1/s1. The Hall–Kier alpha value is -1.43. The lowest BCUT2D eigenvalue weighted by atomic mass is 9.92. The van der Waals surface area contributed by atoms with Crippen molar-refractivity contribution in [2.45, 2.75) is 33.2 Å². The van der Waals surface area contributed by atoms with Gasteiger partial charge < -0.3 is 15.0 Å². The molecule has 2 fully saturated rings. The average molecular weight is 374 g/mol. The van der Waals surface area contributed by atoms with E-state index in [1.807, 2.05) is 18.2 Å². The van der Waals surface area contributed by atoms with Crippen LogP contribution in [0.5, 0.6) is 0 Å². The predicted molar refractivity (Wildman–Crippen MR) is 109 cm³/mol. The van der Waals surface area contributed by atoms with Crippen LogP contribution < -0.4 is 5.32 Å². The van der Waals surface area contributed by atoms with Crippen molar-refractivity contribution in [2.24, 2.45) is 11.8 Å². The summed E-state index contributed by atoms with van der Waals surface area (Å²) >= 11 is 0. The molecule has 1 aromatic rings. The number of nitrogens with zero attached hydrogens (tertiary/aromatic N) is 2. The van der Waals surface area contributed by atoms with Crippen LogP contribution in [0.2, 0.25) is 0 Å². The zero-order valence-corrected chi connectivity index (χ0v) is 17.0. The van der Waals surface area contributed by atoms with Gasteiger partial charge in [0.1, 0.15) is 0 Å². The number of amides is 1. The summed E-state index contributed by atoms with van der Waals surface area (Å²) < 4.78 is 5.40. The molecule has 0 saturated carbocycles. The highest BCUT2D eigenvalue weighted by Crippen LogP contribution is 2.20. The Kier molecular flexibility index (Phi) is 7.68. The fourth-order valence-electron chi connectivity index (χ4n) is 4.41. The van der Waals surface area contributed by atoms with Gasteiger partial charge in [0.2, 0.25) is 0 Å². The first-order valence-electron chi connectivity index (χ1n) is 10.5. The number of rotatable bonds is 7. The molecule has 27 heavy (non-hydrogen) atoms. The monoisotopic (exact) mass is 373 g/mol. The highest BCUT2D eigenvalue weighted by Gasteiger charge is 2.21. The van der Waals surface area contributed by atoms with E-state index in [-0.39, 0.29) is 5.91 Å². The van der Waals surface area contributed by atoms with Gasteiger partial charge in [0.15, 0.2) is 0 Å². The van der Waals surface area contributed by atoms with Gasteiger partial charge in [-0.05, 0) is 48.9 Å². The molecule has 1 amide bonds. The molecule has 2 atom stereocenters. The zero-order chi connectivity index (χ0) is 19.1. The van der Waals surface area contributed by atoms with E-state index < -0.39 is 0 Å². The van der Waals surface area contributed by atoms with Crippen molar-refractivity contribution in [1.82, 2.24) is 15.1 Å². The molecule has 2 saturated heterocycles. The van der Waals surface area contributed by atoms with E-state index in [4.69, 9.17) is 4.74 Å². The van der Waals surface area contributed by atoms with E-state index >= 15 is 0 Å². The second kappa shape index (κ2) is 10.2. The number of benzene rings is 1. The van der Waals surface area contributed by atoms with Crippen LogP contribution in [0.15, 0.2) is 24.3 Å². The predicted octanol–water partition coefficient (Wildman–Crippen LogP) is 2.62. The average Bonchev–Trinajstić information content (AvgIpc) is 2.65. The summed E-state index contributed by atoms with van der Waals surface area (Å²) in [6.45, 7) is 13.3. The van der Waals surface area contributed by atoms with Crippen molar-refractivity contribution < 1.29 is 9.53 Å². The molecule has 3 rings (SSSR count). The van der Waals surface area contributed by atoms with Crippen LogP contribution in [0.4, 0.5) is 0 Å². The first-order chi connectivity index (χ1) is 13.1. The molecule has 5 heteroatoms. The molecule has 5 nitrogen and oxygen atoms in total. The number of carbonyl (C=O) groups excluding carboxylic acids is 1. The van der Waals surface area contributed by atoms with E-state index in [1.165, 1.54) is 25.1 Å². The molecule has 0 aromatic heterocycles. The van der Waals surface area contributed by atoms with Crippen LogP contribution in [0.25, 0.3) is 0 Å². The lowest BCUT2D eigenvalue weighted by Gasteiger charge is -2.34. The number of hydrogen-bond donors (Lipinski definition) is 1. The minimum absolute atomic E-state index is 0.0409. The maximum Gasteiger partial charge on any atom is 0.251 e. The van der Waals surface area contributed by atoms with Gasteiger partial charge in [0.25, 0.3) is 5.91 Å². The number of carbonyl (C=O) groups is 1. The summed E-state index contributed by atoms with van der Waals surface area (Å²) in [5.41, 5.74) is 1.96. The van der Waals surface area contributed by atoms with Crippen molar-refractivity contribution in [2.75, 3.05) is 52.5 Å². The van der Waals surface area contributed by atoms with Crippen molar-refractivity contribution >= 4 is 5.91 Å². The summed E-state index contributed by atoms with van der Waals surface area (Å²) in [6, 6.07) is 8.02. The van der Waals surface area contributed by atoms with Gasteiger partial charge in [-0.3, -0.25) is 9.69 Å². The van der Waals surface area contributed by atoms with Gasteiger partial charge >= 0.3 is 0 Å². The first-order valence-corrected chi connectivity index (χ1v) is 10.5. The molecule has 2 heterocycles. The van der Waals surface area contributed by atoms with E-state index in [0.29, 0.717) is 0 Å². The van der Waals surface area contributed by atoms with Gasteiger partial charge in [-0.1, -0.05) is 26.0 Å². The van der Waals surface area contributed by atoms with Gasteiger partial charge in [-0.15, -0.1) is 0 Å². The molecular weight excluding hydrogens is 338 g/mol. The fourth-order valence-corrected chi connectivity index (χ4v) is 4.41. The number of ether oxygens (including phenoxy) is 1. The Labute approximate surface area is 164 Å². The van der Waals surface area contributed by atoms with Gasteiger partial charge in [0, 0.05) is 44.8 Å². The van der Waals surface area contributed by atoms with Crippen LogP contribution in [-0.4, -0.2) is 68.2 Å². The van der Waals surface area contributed by atoms with Crippen LogP contribution in [0, 0.1) is 11.8 Å². The van der Waals surface area contributed by atoms with E-state index in [1.54, 1.807) is 0 Å². The Morgan fingerprint density at radius 1 is 1.15 bits per heavy atom. The number of nitrogens with one attached hydrogen (secondary N) is 1. The molecule has 0 radical (unpaired) electrons. The van der Waals surface area contributed by atoms with Crippen LogP contribution in [0.3, 0.4) is 0 Å². The second-order valence-electron chi connectivity index (χ2n) is 8.40. The topological polar surface area (TPSA) is 44.8 Å². The third-order valence-electron chi connectivity index (χ3n) is 5.58. The third kappa shape index (κ3) is 6.59. The number of hydrogen-bond acceptors (Lipinski definition) is 4. The number of morpholine rings is 1. The van der Waals surface area contributed by atoms with E-state index in [0.717, 1.165) is 69.8 Å². The minimum atomic E-state index is 0.0409. The molecular formula is C22H35N3O2. The number of likely N-dealkylation sites (tertiary alicyclic amines) is 1. The van der Waals surface area contributed by atoms with Crippen LogP contribution in [0.1, 0.15) is 42.6 Å². The van der Waals surface area contributed by atoms with Crippen molar-refractivity contribution in [1.29, 1.82) is 0 Å².